The minimum absolute atomic E-state index is 0. The first-order valence-electron chi connectivity index (χ1n) is 1.43. The molecule has 0 heterocycles. The van der Waals surface area contributed by atoms with Crippen molar-refractivity contribution in [2.75, 3.05) is 0 Å². The first-order chi connectivity index (χ1) is 3.46. The van der Waals surface area contributed by atoms with Crippen LogP contribution in [0.4, 0.5) is 4.79 Å². The predicted molar refractivity (Wildman–Crippen MR) is 23.6 cm³/mol. The van der Waals surface area contributed by atoms with E-state index in [0.29, 0.717) is 0 Å². The number of carbonyl (C=O) groups is 2. The molecule has 5 nitrogen and oxygen atoms in total. The summed E-state index contributed by atoms with van der Waals surface area (Å²) in [5.41, 5.74) is 0. The van der Waals surface area contributed by atoms with E-state index in [1.165, 1.54) is 0 Å². The fourth-order valence-electron chi connectivity index (χ4n) is 0. The van der Waals surface area contributed by atoms with E-state index in [2.05, 4.69) is 6.92 Å². The fourth-order valence-corrected chi connectivity index (χ4v) is 0. The molecule has 9 heavy (non-hydrogen) atoms. The number of carboxylic acid groups (broad SMARTS) is 3. The Labute approximate surface area is 73.6 Å². The van der Waals surface area contributed by atoms with Gasteiger partial charge in [0.25, 0.3) is 0 Å². The van der Waals surface area contributed by atoms with Crippen molar-refractivity contribution >= 4 is 12.1 Å². The van der Waals surface area contributed by atoms with Crippen molar-refractivity contribution in [1.29, 1.82) is 0 Å². The Hall–Kier alpha value is -0.390. The van der Waals surface area contributed by atoms with Crippen molar-refractivity contribution in [1.82, 2.24) is 0 Å². The summed E-state index contributed by atoms with van der Waals surface area (Å²) in [7, 11) is 0. The van der Waals surface area contributed by atoms with Gasteiger partial charge in [0.15, 0.2) is 5.97 Å². The Balaban J connectivity index is -0.0000000720. The smallest absolute Gasteiger partial charge is 0.503 e. The van der Waals surface area contributed by atoms with Crippen LogP contribution >= 0.6 is 0 Å². The van der Waals surface area contributed by atoms with E-state index in [4.69, 9.17) is 24.9 Å². The summed E-state index contributed by atoms with van der Waals surface area (Å²) >= 11 is 0. The monoisotopic (exact) mass is 144 g/mol. The molecule has 0 amide bonds. The first-order valence-corrected chi connectivity index (χ1v) is 1.43. The topological polar surface area (TPSA) is 94.8 Å². The summed E-state index contributed by atoms with van der Waals surface area (Å²) in [6.45, 7) is 2.56. The molecule has 0 rings (SSSR count). The summed E-state index contributed by atoms with van der Waals surface area (Å²) in [4.78, 5) is 17.4. The molecule has 0 bridgehead atoms. The van der Waals surface area contributed by atoms with Crippen LogP contribution in [0.3, 0.4) is 0 Å². The molecule has 0 spiro atoms. The maximum absolute atomic E-state index is 8.89. The van der Waals surface area contributed by atoms with Crippen molar-refractivity contribution in [2.45, 2.75) is 0 Å². The third kappa shape index (κ3) is 1570. The second-order valence-corrected chi connectivity index (χ2v) is 0.676. The molecule has 0 radical (unpaired) electrons. The van der Waals surface area contributed by atoms with Gasteiger partial charge in [0.1, 0.15) is 0 Å². The van der Waals surface area contributed by atoms with E-state index in [9.17, 15) is 0 Å². The van der Waals surface area contributed by atoms with E-state index in [0.717, 1.165) is 0 Å². The molecule has 0 saturated heterocycles. The second-order valence-electron chi connectivity index (χ2n) is 0.676. The van der Waals surface area contributed by atoms with Gasteiger partial charge in [0, 0.05) is 0 Å². The van der Waals surface area contributed by atoms with Gasteiger partial charge in [-0.2, -0.15) is 0 Å². The van der Waals surface area contributed by atoms with Gasteiger partial charge in [-0.25, -0.2) is 4.79 Å². The summed E-state index contributed by atoms with van der Waals surface area (Å²) in [5.74, 6) is -1.08. The van der Waals surface area contributed by atoms with Gasteiger partial charge < -0.3 is 15.3 Å². The predicted octanol–water partition coefficient (Wildman–Crippen LogP) is -2.87. The van der Waals surface area contributed by atoms with Crippen molar-refractivity contribution in [2.24, 2.45) is 0 Å². The van der Waals surface area contributed by atoms with Gasteiger partial charge in [-0.3, -0.25) is 11.7 Å². The Morgan fingerprint density at radius 2 is 1.11 bits per heavy atom. The first kappa shape index (κ1) is 15.8. The number of hydrogen-bond acceptors (Lipinski definition) is 2. The SMILES string of the molecule is O=C(O)O.[CH2-]C(=O)O.[Na+]. The summed E-state index contributed by atoms with van der Waals surface area (Å²) in [6.07, 6.45) is -1.83. The molecule has 48 valence electrons. The van der Waals surface area contributed by atoms with E-state index in [1.54, 1.807) is 0 Å². The average molecular weight is 144 g/mol. The third-order valence-corrected chi connectivity index (χ3v) is 0. The molecule has 0 aliphatic rings. The normalized spacial score (nSPS) is 5.33. The fraction of sp³-hybridized carbons (Fsp3) is 0. The minimum Gasteiger partial charge on any atom is -0.503 e. The van der Waals surface area contributed by atoms with Crippen LogP contribution in [0.2, 0.25) is 0 Å². The van der Waals surface area contributed by atoms with Gasteiger partial charge in [-0.15, -0.1) is 0 Å². The van der Waals surface area contributed by atoms with E-state index >= 15 is 0 Å². The number of rotatable bonds is 0. The van der Waals surface area contributed by atoms with Crippen LogP contribution in [0.25, 0.3) is 0 Å². The van der Waals surface area contributed by atoms with Gasteiger partial charge in [-0.1, -0.05) is 0 Å². The molecule has 0 aromatic heterocycles. The molecular weight excluding hydrogens is 139 g/mol. The molecule has 0 aromatic carbocycles. The van der Waals surface area contributed by atoms with Crippen LogP contribution in [0, 0.1) is 6.92 Å². The molecule has 0 unspecified atom stereocenters. The van der Waals surface area contributed by atoms with Crippen LogP contribution in [0.15, 0.2) is 0 Å². The van der Waals surface area contributed by atoms with E-state index < -0.39 is 12.1 Å². The maximum atomic E-state index is 8.89. The van der Waals surface area contributed by atoms with Gasteiger partial charge in [-0.05, 0) is 0 Å². The van der Waals surface area contributed by atoms with Crippen LogP contribution in [-0.4, -0.2) is 27.4 Å². The Bertz CT molecular complexity index is 70.2. The van der Waals surface area contributed by atoms with Gasteiger partial charge in [0.2, 0.25) is 0 Å². The zero-order valence-corrected chi connectivity index (χ0v) is 6.87. The van der Waals surface area contributed by atoms with E-state index in [-0.39, 0.29) is 29.6 Å². The van der Waals surface area contributed by atoms with Crippen LogP contribution in [0.1, 0.15) is 0 Å². The van der Waals surface area contributed by atoms with E-state index in [1.807, 2.05) is 0 Å². The summed E-state index contributed by atoms with van der Waals surface area (Å²) in [5, 5.41) is 21.2. The summed E-state index contributed by atoms with van der Waals surface area (Å²) in [6, 6.07) is 0. The molecule has 3 N–H and O–H groups in total. The third-order valence-electron chi connectivity index (χ3n) is 0. The summed E-state index contributed by atoms with van der Waals surface area (Å²) < 4.78 is 0. The van der Waals surface area contributed by atoms with Gasteiger partial charge in [0.05, 0.1) is 0 Å². The minimum atomic E-state index is -1.83. The quantitative estimate of drug-likeness (QED) is 0.251. The van der Waals surface area contributed by atoms with Crippen molar-refractivity contribution in [3.8, 4) is 0 Å². The number of hydrogen-bond donors (Lipinski definition) is 3. The van der Waals surface area contributed by atoms with Crippen LogP contribution < -0.4 is 29.6 Å². The molecule has 0 saturated carbocycles. The zero-order valence-electron chi connectivity index (χ0n) is 4.87. The van der Waals surface area contributed by atoms with Crippen molar-refractivity contribution in [3.05, 3.63) is 6.92 Å². The zero-order chi connectivity index (χ0) is 7.15. The molecule has 0 atom stereocenters. The molecule has 0 aromatic rings. The van der Waals surface area contributed by atoms with Crippen LogP contribution in [0.5, 0.6) is 0 Å². The number of aliphatic carboxylic acids is 1. The molecule has 0 aliphatic heterocycles. The van der Waals surface area contributed by atoms with Crippen molar-refractivity contribution in [3.63, 3.8) is 0 Å². The largest absolute Gasteiger partial charge is 1.00 e. The Kier molecular flexibility index (Phi) is 18.6. The Morgan fingerprint density at radius 1 is 1.11 bits per heavy atom. The van der Waals surface area contributed by atoms with Crippen LogP contribution in [-0.2, 0) is 4.79 Å². The molecular formula is C3H5NaO5. The maximum Gasteiger partial charge on any atom is 1.00 e. The van der Waals surface area contributed by atoms with Gasteiger partial charge >= 0.3 is 35.7 Å². The number of carboxylic acids is 1. The van der Waals surface area contributed by atoms with Crippen molar-refractivity contribution < 1.29 is 54.5 Å². The second kappa shape index (κ2) is 10.6. The molecule has 0 aliphatic carbocycles. The Morgan fingerprint density at radius 3 is 1.11 bits per heavy atom. The molecule has 0 fully saturated rings. The molecule has 6 heteroatoms. The standard InChI is InChI=1S/C2H3O2.CH2O3.Na/c1-2(3)4;2-1(3)4;/h1H2,(H,3,4);(H2,2,3,4);/q-1;;+1. The average Bonchev–Trinajstić information content (AvgIpc) is 1.25.